The van der Waals surface area contributed by atoms with Crippen LogP contribution in [0.2, 0.25) is 0 Å². The minimum atomic E-state index is -1.79. The van der Waals surface area contributed by atoms with Crippen LogP contribution in [0.3, 0.4) is 0 Å². The molecule has 2 rings (SSSR count). The van der Waals surface area contributed by atoms with E-state index in [1.54, 1.807) is 6.08 Å². The standard InChI is InChI=1S/C71H125NO13/c1-3-5-7-9-11-13-15-17-19-21-23-25-27-29-31-32-34-36-38-40-42-44-46-48-50-52-54-60(75)59(58-82-70-68(81)66(79)69(62(57-74)84-70)85-71-67(80)65(78)64(77)61(56-73)83-71)72-63(76)55-53-51-49-47-45-43-41-39-37-35-33-30-28-26-24-22-20-18-16-14-12-10-8-6-4-2/h6,8,12,14,18,20,24,26,30,33,37,39,52,54,59-62,64-71,73-75,77-81H,3-5,7,9-11,13,15-17,19,21-23,25,27-29,31-32,34-36,38,40-51,53,55-58H2,1-2H3,(H,72,76)/b8-6-,14-12-,20-18-,26-24-,33-30-,39-37-,54-52+. The fourth-order valence-corrected chi connectivity index (χ4v) is 10.9. The van der Waals surface area contributed by atoms with Crippen molar-refractivity contribution < 1.29 is 64.6 Å². The van der Waals surface area contributed by atoms with Gasteiger partial charge in [0.2, 0.25) is 5.91 Å². The molecule has 9 N–H and O–H groups in total. The quantitative estimate of drug-likeness (QED) is 0.0204. The van der Waals surface area contributed by atoms with Crippen LogP contribution < -0.4 is 5.32 Å². The summed E-state index contributed by atoms with van der Waals surface area (Å²) < 4.78 is 22.8. The Hall–Kier alpha value is -2.83. The Balaban J connectivity index is 1.72. The average Bonchev–Trinajstić information content (AvgIpc) is 3.29. The second kappa shape index (κ2) is 55.3. The summed E-state index contributed by atoms with van der Waals surface area (Å²) in [5, 5.41) is 87.4. The van der Waals surface area contributed by atoms with Crippen LogP contribution in [0.25, 0.3) is 0 Å². The highest BCUT2D eigenvalue weighted by Gasteiger charge is 2.51. The lowest BCUT2D eigenvalue weighted by Crippen LogP contribution is -2.65. The molecule has 0 aromatic carbocycles. The lowest BCUT2D eigenvalue weighted by molar-refractivity contribution is -0.359. The number of hydrogen-bond acceptors (Lipinski definition) is 13. The Morgan fingerprint density at radius 2 is 0.812 bits per heavy atom. The first-order chi connectivity index (χ1) is 41.6. The van der Waals surface area contributed by atoms with Crippen molar-refractivity contribution in [2.24, 2.45) is 0 Å². The second-order valence-electron chi connectivity index (χ2n) is 23.9. The van der Waals surface area contributed by atoms with E-state index in [-0.39, 0.29) is 18.9 Å². The van der Waals surface area contributed by atoms with Crippen LogP contribution in [-0.4, -0.2) is 140 Å². The van der Waals surface area contributed by atoms with Gasteiger partial charge in [-0.15, -0.1) is 0 Å². The van der Waals surface area contributed by atoms with Crippen molar-refractivity contribution in [2.45, 2.75) is 338 Å². The molecule has 2 aliphatic rings. The van der Waals surface area contributed by atoms with Gasteiger partial charge in [0.15, 0.2) is 12.6 Å². The minimum Gasteiger partial charge on any atom is -0.394 e. The highest BCUT2D eigenvalue weighted by atomic mass is 16.7. The van der Waals surface area contributed by atoms with Gasteiger partial charge in [-0.05, 0) is 70.6 Å². The van der Waals surface area contributed by atoms with Gasteiger partial charge in [-0.3, -0.25) is 4.79 Å². The zero-order valence-electron chi connectivity index (χ0n) is 53.3. The molecule has 0 aromatic heterocycles. The van der Waals surface area contributed by atoms with Crippen LogP contribution in [0.4, 0.5) is 0 Å². The third-order valence-corrected chi connectivity index (χ3v) is 16.3. The molecule has 0 aliphatic carbocycles. The summed E-state index contributed by atoms with van der Waals surface area (Å²) in [5.74, 6) is -0.255. The van der Waals surface area contributed by atoms with Crippen LogP contribution in [-0.2, 0) is 23.7 Å². The molecule has 2 heterocycles. The number of rotatable bonds is 55. The highest BCUT2D eigenvalue weighted by Crippen LogP contribution is 2.30. The van der Waals surface area contributed by atoms with Gasteiger partial charge in [-0.25, -0.2) is 0 Å². The molecule has 14 heteroatoms. The Labute approximate surface area is 516 Å². The number of carbonyl (C=O) groups is 1. The largest absolute Gasteiger partial charge is 0.394 e. The summed E-state index contributed by atoms with van der Waals surface area (Å²) in [6.45, 7) is 2.70. The van der Waals surface area contributed by atoms with Gasteiger partial charge < -0.3 is 65.1 Å². The van der Waals surface area contributed by atoms with E-state index in [0.717, 1.165) is 96.3 Å². The van der Waals surface area contributed by atoms with Crippen LogP contribution in [0.15, 0.2) is 85.1 Å². The topological polar surface area (TPSA) is 228 Å². The molecule has 0 aromatic rings. The van der Waals surface area contributed by atoms with Crippen LogP contribution >= 0.6 is 0 Å². The Morgan fingerprint density at radius 3 is 1.25 bits per heavy atom. The zero-order chi connectivity index (χ0) is 61.6. The summed E-state index contributed by atoms with van der Waals surface area (Å²) in [6, 6.07) is -0.930. The van der Waals surface area contributed by atoms with E-state index in [1.165, 1.54) is 141 Å². The van der Waals surface area contributed by atoms with Crippen molar-refractivity contribution in [3.63, 3.8) is 0 Å². The Morgan fingerprint density at radius 1 is 0.435 bits per heavy atom. The second-order valence-corrected chi connectivity index (χ2v) is 23.9. The van der Waals surface area contributed by atoms with E-state index >= 15 is 0 Å². The summed E-state index contributed by atoms with van der Waals surface area (Å²) in [6.07, 6.45) is 59.1. The molecule has 12 atom stereocenters. The number of allylic oxidation sites excluding steroid dienone is 13. The third-order valence-electron chi connectivity index (χ3n) is 16.3. The van der Waals surface area contributed by atoms with E-state index in [1.807, 2.05) is 6.08 Å². The molecule has 85 heavy (non-hydrogen) atoms. The lowest BCUT2D eigenvalue weighted by atomic mass is 9.97. The van der Waals surface area contributed by atoms with Crippen molar-refractivity contribution in [1.82, 2.24) is 5.32 Å². The molecular weight excluding hydrogens is 1070 g/mol. The van der Waals surface area contributed by atoms with Crippen molar-refractivity contribution in [3.05, 3.63) is 85.1 Å². The van der Waals surface area contributed by atoms with Crippen LogP contribution in [0.1, 0.15) is 264 Å². The summed E-state index contributed by atoms with van der Waals surface area (Å²) >= 11 is 0. The summed E-state index contributed by atoms with van der Waals surface area (Å²) in [7, 11) is 0. The molecule has 2 saturated heterocycles. The molecule has 0 saturated carbocycles. The molecule has 12 unspecified atom stereocenters. The van der Waals surface area contributed by atoms with Gasteiger partial charge in [-0.1, -0.05) is 272 Å². The smallest absolute Gasteiger partial charge is 0.220 e. The van der Waals surface area contributed by atoms with Gasteiger partial charge in [-0.2, -0.15) is 0 Å². The van der Waals surface area contributed by atoms with Crippen molar-refractivity contribution in [2.75, 3.05) is 19.8 Å². The van der Waals surface area contributed by atoms with Crippen molar-refractivity contribution in [3.8, 4) is 0 Å². The summed E-state index contributed by atoms with van der Waals surface area (Å²) in [5.41, 5.74) is 0. The Kier molecular flexibility index (Phi) is 50.9. The number of aliphatic hydroxyl groups excluding tert-OH is 8. The molecular formula is C71H125NO13. The molecule has 0 bridgehead atoms. The van der Waals surface area contributed by atoms with E-state index in [4.69, 9.17) is 18.9 Å². The SMILES string of the molecule is CC/C=C\C/C=C\C/C=C\C/C=C\C/C=C\C/C=C\CCCCCCCCC(=O)NC(COC1OC(CO)C(OC2OC(CO)C(O)C(O)C2O)C(O)C1O)C(O)/C=C/CCCCCCCCCCCCCCCCCCCCCCCCCC. The first-order valence-corrected chi connectivity index (χ1v) is 34.3. The monoisotopic (exact) mass is 1200 g/mol. The predicted octanol–water partition coefficient (Wildman–Crippen LogP) is 13.6. The lowest BCUT2D eigenvalue weighted by Gasteiger charge is -2.46. The van der Waals surface area contributed by atoms with E-state index in [9.17, 15) is 45.6 Å². The molecule has 0 radical (unpaired) electrons. The molecule has 2 aliphatic heterocycles. The van der Waals surface area contributed by atoms with Gasteiger partial charge in [0.25, 0.3) is 0 Å². The maximum absolute atomic E-state index is 13.3. The normalized spacial score (nSPS) is 24.1. The number of carbonyl (C=O) groups excluding carboxylic acids is 1. The highest BCUT2D eigenvalue weighted by molar-refractivity contribution is 5.76. The average molecular weight is 1200 g/mol. The van der Waals surface area contributed by atoms with Gasteiger partial charge >= 0.3 is 0 Å². The number of nitrogens with one attached hydrogen (secondary N) is 1. The van der Waals surface area contributed by atoms with E-state index in [2.05, 4.69) is 92.1 Å². The number of unbranched alkanes of at least 4 members (excludes halogenated alkanes) is 30. The van der Waals surface area contributed by atoms with Crippen LogP contribution in [0.5, 0.6) is 0 Å². The van der Waals surface area contributed by atoms with Gasteiger partial charge in [0.1, 0.15) is 48.8 Å². The predicted molar refractivity (Wildman–Crippen MR) is 346 cm³/mol. The number of aliphatic hydroxyl groups is 8. The van der Waals surface area contributed by atoms with E-state index < -0.39 is 86.8 Å². The molecule has 14 nitrogen and oxygen atoms in total. The zero-order valence-corrected chi connectivity index (χ0v) is 53.3. The third kappa shape index (κ3) is 39.7. The van der Waals surface area contributed by atoms with Gasteiger partial charge in [0, 0.05) is 6.42 Å². The number of ether oxygens (including phenoxy) is 4. The number of amides is 1. The Bertz CT molecular complexity index is 1750. The first kappa shape index (κ1) is 78.3. The maximum atomic E-state index is 13.3. The van der Waals surface area contributed by atoms with E-state index in [0.29, 0.717) is 6.42 Å². The molecule has 1 amide bonds. The number of hydrogen-bond donors (Lipinski definition) is 9. The minimum absolute atomic E-state index is 0.255. The molecule has 492 valence electrons. The van der Waals surface area contributed by atoms with Crippen molar-refractivity contribution >= 4 is 5.91 Å². The molecule has 0 spiro atoms. The first-order valence-electron chi connectivity index (χ1n) is 34.3. The maximum Gasteiger partial charge on any atom is 0.220 e. The van der Waals surface area contributed by atoms with Gasteiger partial charge in [0.05, 0.1) is 32.0 Å². The fourth-order valence-electron chi connectivity index (χ4n) is 10.9. The van der Waals surface area contributed by atoms with Crippen molar-refractivity contribution in [1.29, 1.82) is 0 Å². The van der Waals surface area contributed by atoms with Crippen LogP contribution in [0, 0.1) is 0 Å². The fraction of sp³-hybridized carbons (Fsp3) is 0.789. The molecule has 2 fully saturated rings. The summed E-state index contributed by atoms with van der Waals surface area (Å²) in [4.78, 5) is 13.3.